The first kappa shape index (κ1) is 41.0. The number of hydrogen-bond donors (Lipinski definition) is 3. The Labute approximate surface area is 283 Å². The van der Waals surface area contributed by atoms with Crippen LogP contribution in [0.5, 0.6) is 0 Å². The molecule has 0 aliphatic carbocycles. The highest BCUT2D eigenvalue weighted by atomic mass is 28.5. The Morgan fingerprint density at radius 1 is 0.674 bits per heavy atom. The minimum absolute atomic E-state index is 0.202. The number of carbonyl (C=O) groups is 2. The first-order valence-corrected chi connectivity index (χ1v) is 29.6. The van der Waals surface area contributed by atoms with Gasteiger partial charge in [-0.05, 0) is 77.0 Å². The van der Waals surface area contributed by atoms with Crippen LogP contribution in [-0.2, 0) is 33.2 Å². The predicted molar refractivity (Wildman–Crippen MR) is 196 cm³/mol. The molecule has 1 aliphatic rings. The fourth-order valence-electron chi connectivity index (χ4n) is 6.42. The summed E-state index contributed by atoms with van der Waals surface area (Å²) >= 11 is 0. The summed E-state index contributed by atoms with van der Waals surface area (Å²) in [6.07, 6.45) is 11.2. The van der Waals surface area contributed by atoms with E-state index in [4.69, 9.17) is 17.2 Å². The lowest BCUT2D eigenvalue weighted by Crippen LogP contribution is -2.62. The summed E-state index contributed by atoms with van der Waals surface area (Å²) in [5.41, 5.74) is 0.991. The molecule has 2 rings (SSSR count). The molecule has 1 aliphatic heterocycles. The normalized spacial score (nSPS) is 19.8. The molecular weight excluding hydrogens is 649 g/mol. The fraction of sp³-hybridized carbons (Fsp3) is 0.758. The van der Waals surface area contributed by atoms with Gasteiger partial charge in [-0.25, -0.2) is 4.89 Å². The van der Waals surface area contributed by atoms with E-state index < -0.39 is 51.9 Å². The van der Waals surface area contributed by atoms with Crippen LogP contribution < -0.4 is 10.6 Å². The lowest BCUT2D eigenvalue weighted by Gasteiger charge is -2.41. The maximum absolute atomic E-state index is 12.7. The van der Waals surface area contributed by atoms with Crippen LogP contribution in [-0.4, -0.2) is 69.0 Å². The van der Waals surface area contributed by atoms with E-state index in [0.717, 1.165) is 37.3 Å². The van der Waals surface area contributed by atoms with Crippen molar-refractivity contribution in [1.29, 1.82) is 0 Å². The predicted octanol–water partition coefficient (Wildman–Crippen LogP) is 7.86. The zero-order valence-corrected chi connectivity index (χ0v) is 34.2. The van der Waals surface area contributed by atoms with E-state index in [2.05, 4.69) is 69.6 Å². The van der Waals surface area contributed by atoms with Crippen molar-refractivity contribution >= 4 is 45.6 Å². The van der Waals surface area contributed by atoms with E-state index in [9.17, 15) is 14.8 Å². The molecule has 13 heteroatoms. The van der Waals surface area contributed by atoms with Crippen molar-refractivity contribution in [2.24, 2.45) is 0 Å². The van der Waals surface area contributed by atoms with Crippen LogP contribution in [0.25, 0.3) is 0 Å². The number of carbonyl (C=O) groups excluding carboxylic acids is 2. The first-order valence-electron chi connectivity index (χ1n) is 17.5. The molecule has 9 nitrogen and oxygen atoms in total. The van der Waals surface area contributed by atoms with E-state index in [1.165, 1.54) is 32.1 Å². The average Bonchev–Trinajstić information content (AvgIpc) is 2.91. The lowest BCUT2D eigenvalue weighted by atomic mass is 9.97. The number of rotatable bonds is 23. The molecule has 4 atom stereocenters. The maximum atomic E-state index is 12.7. The van der Waals surface area contributed by atoms with Crippen LogP contribution in [0.3, 0.4) is 0 Å². The highest BCUT2D eigenvalue weighted by molar-refractivity contribution is 6.89. The number of hydrogen-bond acceptors (Lipinski definition) is 7. The number of piperazine rings is 1. The van der Waals surface area contributed by atoms with Gasteiger partial charge in [0.1, 0.15) is 12.1 Å². The Hall–Kier alpha value is -1.17. The number of unbranched alkanes of at least 4 members (excludes halogenated alkanes) is 8. The summed E-state index contributed by atoms with van der Waals surface area (Å²) in [5.74, 6) is -0.431. The molecule has 1 saturated heterocycles. The van der Waals surface area contributed by atoms with Crippen LogP contribution in [0, 0.1) is 0 Å². The van der Waals surface area contributed by atoms with Crippen LogP contribution >= 0.6 is 0 Å². The summed E-state index contributed by atoms with van der Waals surface area (Å²) in [4.78, 5) is 30.0. The summed E-state index contributed by atoms with van der Waals surface area (Å²) in [5, 5.41) is 15.1. The molecule has 1 aromatic carbocycles. The molecule has 1 aromatic rings. The standard InChI is InChI=1S/C33H64N2O7Si4/c1-43(2,3)40-45(7,8)42-46(9,41-44(4,5)6)25-21-16-14-12-10-11-13-15-20-24-29(39-38)27-31-33(37)34-30(32(36)35-31)26-28-22-18-17-19-23-28/h17-19,22-23,29-31,38H,10-16,20-21,24-27H2,1-9H3,(H,34,37)(H,35,36)/t29?,30-,31?,46?/m0/s1. The Morgan fingerprint density at radius 3 is 1.72 bits per heavy atom. The van der Waals surface area contributed by atoms with E-state index in [1.807, 2.05) is 30.3 Å². The van der Waals surface area contributed by atoms with Gasteiger partial charge in [-0.1, -0.05) is 88.1 Å². The van der Waals surface area contributed by atoms with Crippen LogP contribution in [0.2, 0.25) is 65.0 Å². The molecule has 0 saturated carbocycles. The molecule has 3 N–H and O–H groups in total. The first-order chi connectivity index (χ1) is 21.4. The fourth-order valence-corrected chi connectivity index (χ4v) is 24.4. The third kappa shape index (κ3) is 17.3. The van der Waals surface area contributed by atoms with Gasteiger partial charge in [0.05, 0.1) is 6.10 Å². The summed E-state index contributed by atoms with van der Waals surface area (Å²) in [6.45, 7) is 20.1. The molecule has 0 aromatic heterocycles. The van der Waals surface area contributed by atoms with Crippen molar-refractivity contribution in [3.63, 3.8) is 0 Å². The molecule has 46 heavy (non-hydrogen) atoms. The van der Waals surface area contributed by atoms with Crippen molar-refractivity contribution in [1.82, 2.24) is 10.6 Å². The number of amides is 2. The van der Waals surface area contributed by atoms with Gasteiger partial charge in [0.25, 0.3) is 0 Å². The van der Waals surface area contributed by atoms with E-state index in [0.29, 0.717) is 12.8 Å². The zero-order chi connectivity index (χ0) is 34.4. The van der Waals surface area contributed by atoms with Crippen LogP contribution in [0.4, 0.5) is 0 Å². The van der Waals surface area contributed by atoms with Crippen molar-refractivity contribution in [2.45, 2.75) is 160 Å². The second-order valence-electron chi connectivity index (χ2n) is 15.6. The van der Waals surface area contributed by atoms with Gasteiger partial charge in [0.15, 0.2) is 16.6 Å². The summed E-state index contributed by atoms with van der Waals surface area (Å²) in [6, 6.07) is 9.37. The molecule has 0 spiro atoms. The van der Waals surface area contributed by atoms with Crippen molar-refractivity contribution in [2.75, 3.05) is 0 Å². The van der Waals surface area contributed by atoms with Gasteiger partial charge in [-0.15, -0.1) is 0 Å². The molecule has 1 heterocycles. The van der Waals surface area contributed by atoms with Gasteiger partial charge in [-0.2, -0.15) is 0 Å². The second-order valence-corrected chi connectivity index (χ2v) is 32.0. The zero-order valence-electron chi connectivity index (χ0n) is 30.2. The average molecular weight is 713 g/mol. The van der Waals surface area contributed by atoms with Gasteiger partial charge in [-0.3, -0.25) is 14.8 Å². The van der Waals surface area contributed by atoms with E-state index >= 15 is 0 Å². The molecular formula is C33H64N2O7Si4. The lowest BCUT2D eigenvalue weighted by molar-refractivity contribution is -0.282. The molecule has 0 bridgehead atoms. The van der Waals surface area contributed by atoms with Crippen LogP contribution in [0.1, 0.15) is 76.2 Å². The van der Waals surface area contributed by atoms with Gasteiger partial charge in [0, 0.05) is 12.8 Å². The van der Waals surface area contributed by atoms with Crippen molar-refractivity contribution < 1.29 is 32.1 Å². The Kier molecular flexibility index (Phi) is 17.0. The quantitative estimate of drug-likeness (QED) is 0.0458. The smallest absolute Gasteiger partial charge is 0.315 e. The molecule has 1 fully saturated rings. The van der Waals surface area contributed by atoms with E-state index in [-0.39, 0.29) is 18.2 Å². The van der Waals surface area contributed by atoms with E-state index in [1.54, 1.807) is 0 Å². The monoisotopic (exact) mass is 712 g/mol. The number of nitrogens with one attached hydrogen (secondary N) is 2. The minimum Gasteiger partial charge on any atom is -0.437 e. The summed E-state index contributed by atoms with van der Waals surface area (Å²) in [7, 11) is -7.98. The Balaban J connectivity index is 1.60. The topological polar surface area (TPSA) is 115 Å². The molecule has 3 unspecified atom stereocenters. The second kappa shape index (κ2) is 19.1. The maximum Gasteiger partial charge on any atom is 0.315 e. The Bertz CT molecular complexity index is 1050. The largest absolute Gasteiger partial charge is 0.437 e. The van der Waals surface area contributed by atoms with Gasteiger partial charge >= 0.3 is 17.1 Å². The molecule has 0 radical (unpaired) electrons. The van der Waals surface area contributed by atoms with Gasteiger partial charge < -0.3 is 23.0 Å². The highest BCUT2D eigenvalue weighted by Gasteiger charge is 2.44. The van der Waals surface area contributed by atoms with Crippen LogP contribution in [0.15, 0.2) is 30.3 Å². The van der Waals surface area contributed by atoms with Crippen molar-refractivity contribution in [3.05, 3.63) is 35.9 Å². The highest BCUT2D eigenvalue weighted by Crippen LogP contribution is 2.29. The summed E-state index contributed by atoms with van der Waals surface area (Å²) < 4.78 is 20.0. The minimum atomic E-state index is -2.31. The SMILES string of the molecule is C[Si](C)(C)O[Si](C)(C)O[Si](C)(CCCCCCCCCCCC(CC1NC(=O)[C@H](Cc2ccccc2)NC1=O)OO)O[Si](C)(C)C. The van der Waals surface area contributed by atoms with Crippen molar-refractivity contribution in [3.8, 4) is 0 Å². The van der Waals surface area contributed by atoms with Gasteiger partial charge in [0.2, 0.25) is 11.8 Å². The third-order valence-electron chi connectivity index (χ3n) is 7.89. The number of benzene rings is 1. The Morgan fingerprint density at radius 2 is 1.17 bits per heavy atom. The third-order valence-corrected chi connectivity index (χ3v) is 21.4. The molecule has 2 amide bonds. The molecule has 264 valence electrons.